The predicted molar refractivity (Wildman–Crippen MR) is 59.8 cm³/mol. The lowest BCUT2D eigenvalue weighted by molar-refractivity contribution is 0.0441. The Morgan fingerprint density at radius 1 is 1.12 bits per heavy atom. The van der Waals surface area contributed by atoms with Gasteiger partial charge in [-0.15, -0.1) is 0 Å². The molecule has 1 saturated carbocycles. The first-order valence-corrected chi connectivity index (χ1v) is 6.02. The lowest BCUT2D eigenvalue weighted by atomic mass is 9.84. The zero-order valence-corrected chi connectivity index (χ0v) is 9.44. The van der Waals surface area contributed by atoms with Crippen LogP contribution < -0.4 is 0 Å². The van der Waals surface area contributed by atoms with E-state index in [4.69, 9.17) is 0 Å². The van der Waals surface area contributed by atoms with E-state index in [-0.39, 0.29) is 5.69 Å². The Bertz CT molecular complexity index is 489. The summed E-state index contributed by atoms with van der Waals surface area (Å²) in [5, 5.41) is 0. The highest BCUT2D eigenvalue weighted by Gasteiger charge is 2.32. The molecule has 4 heteroatoms. The number of ether oxygens (including phenoxy) is 1. The van der Waals surface area contributed by atoms with Crippen molar-refractivity contribution in [2.45, 2.75) is 38.0 Å². The second kappa shape index (κ2) is 3.95. The van der Waals surface area contributed by atoms with E-state index >= 15 is 0 Å². The monoisotopic (exact) mass is 231 g/mol. The molecule has 0 saturated heterocycles. The van der Waals surface area contributed by atoms with E-state index in [2.05, 4.69) is 9.72 Å². The first kappa shape index (κ1) is 10.4. The fraction of sp³-hybridized carbons (Fsp3) is 0.462. The fourth-order valence-corrected chi connectivity index (χ4v) is 2.65. The molecule has 1 aliphatic carbocycles. The van der Waals surface area contributed by atoms with Crippen LogP contribution >= 0.6 is 0 Å². The topological polar surface area (TPSA) is 56.3 Å². The van der Waals surface area contributed by atoms with Gasteiger partial charge in [-0.05, 0) is 30.4 Å². The minimum atomic E-state index is -0.625. The van der Waals surface area contributed by atoms with Crippen LogP contribution in [0.3, 0.4) is 0 Å². The predicted octanol–water partition coefficient (Wildman–Crippen LogP) is 2.44. The Morgan fingerprint density at radius 2 is 1.88 bits per heavy atom. The molecule has 1 fully saturated rings. The molecule has 0 spiro atoms. The summed E-state index contributed by atoms with van der Waals surface area (Å²) in [5.74, 6) is -0.708. The number of carbonyl (C=O) groups is 2. The van der Waals surface area contributed by atoms with Gasteiger partial charge >= 0.3 is 11.9 Å². The summed E-state index contributed by atoms with van der Waals surface area (Å²) in [5.41, 5.74) is 1.56. The van der Waals surface area contributed by atoms with Gasteiger partial charge in [-0.25, -0.2) is 14.6 Å². The highest BCUT2D eigenvalue weighted by Crippen LogP contribution is 2.33. The van der Waals surface area contributed by atoms with Gasteiger partial charge in [0, 0.05) is 6.20 Å². The summed E-state index contributed by atoms with van der Waals surface area (Å²) in [7, 11) is 0. The van der Waals surface area contributed by atoms with Crippen LogP contribution in [0.5, 0.6) is 0 Å². The van der Waals surface area contributed by atoms with Gasteiger partial charge in [0.1, 0.15) is 0 Å². The molecule has 88 valence electrons. The standard InChI is InChI=1S/C13H13NO3/c15-12-10-6-9(8-4-2-1-3-5-8)7-14-11(10)13(16)17-12/h6-8H,1-5H2. The number of pyridine rings is 1. The lowest BCUT2D eigenvalue weighted by Gasteiger charge is -2.21. The third-order valence-electron chi connectivity index (χ3n) is 3.58. The quantitative estimate of drug-likeness (QED) is 0.550. The van der Waals surface area contributed by atoms with Crippen LogP contribution in [0, 0.1) is 0 Å². The lowest BCUT2D eigenvalue weighted by Crippen LogP contribution is -2.07. The number of fused-ring (bicyclic) bond motifs is 1. The first-order chi connectivity index (χ1) is 8.25. The Labute approximate surface area is 99.0 Å². The van der Waals surface area contributed by atoms with Gasteiger partial charge in [0.25, 0.3) is 0 Å². The van der Waals surface area contributed by atoms with Gasteiger partial charge < -0.3 is 4.74 Å². The van der Waals surface area contributed by atoms with Gasteiger partial charge in [-0.3, -0.25) is 0 Å². The van der Waals surface area contributed by atoms with Crippen molar-refractivity contribution in [3.05, 3.63) is 29.1 Å². The molecule has 0 bridgehead atoms. The summed E-state index contributed by atoms with van der Waals surface area (Å²) < 4.78 is 4.53. The molecule has 3 rings (SSSR count). The number of nitrogens with zero attached hydrogens (tertiary/aromatic N) is 1. The second-order valence-corrected chi connectivity index (χ2v) is 4.68. The van der Waals surface area contributed by atoms with E-state index in [0.717, 1.165) is 18.4 Å². The average molecular weight is 231 g/mol. The Hall–Kier alpha value is -1.71. The maximum absolute atomic E-state index is 11.4. The van der Waals surface area contributed by atoms with Crippen LogP contribution in [-0.2, 0) is 4.74 Å². The normalized spacial score (nSPS) is 20.2. The van der Waals surface area contributed by atoms with Gasteiger partial charge in [0.2, 0.25) is 0 Å². The van der Waals surface area contributed by atoms with E-state index in [1.54, 1.807) is 12.3 Å². The van der Waals surface area contributed by atoms with E-state index < -0.39 is 11.9 Å². The smallest absolute Gasteiger partial charge is 0.365 e. The van der Waals surface area contributed by atoms with Crippen molar-refractivity contribution in [1.29, 1.82) is 0 Å². The van der Waals surface area contributed by atoms with Crippen LogP contribution in [0.25, 0.3) is 0 Å². The second-order valence-electron chi connectivity index (χ2n) is 4.68. The van der Waals surface area contributed by atoms with Crippen molar-refractivity contribution in [1.82, 2.24) is 4.98 Å². The highest BCUT2D eigenvalue weighted by atomic mass is 16.6. The Balaban J connectivity index is 1.95. The number of rotatable bonds is 1. The average Bonchev–Trinajstić information content (AvgIpc) is 2.66. The SMILES string of the molecule is O=C1OC(=O)c2ncc(C3CCCCC3)cc21. The molecule has 0 amide bonds. The summed E-state index contributed by atoms with van der Waals surface area (Å²) in [4.78, 5) is 26.8. The maximum Gasteiger partial charge on any atom is 0.365 e. The fourth-order valence-electron chi connectivity index (χ4n) is 2.65. The highest BCUT2D eigenvalue weighted by molar-refractivity contribution is 6.13. The summed E-state index contributed by atoms with van der Waals surface area (Å²) in [6.07, 6.45) is 7.74. The molecule has 0 radical (unpaired) electrons. The van der Waals surface area contributed by atoms with Crippen molar-refractivity contribution in [2.24, 2.45) is 0 Å². The van der Waals surface area contributed by atoms with Crippen LogP contribution in [-0.4, -0.2) is 16.9 Å². The molecule has 1 aromatic heterocycles. The van der Waals surface area contributed by atoms with Crippen LogP contribution in [0.4, 0.5) is 0 Å². The number of aromatic nitrogens is 1. The van der Waals surface area contributed by atoms with Crippen molar-refractivity contribution >= 4 is 11.9 Å². The largest absolute Gasteiger partial charge is 0.384 e. The van der Waals surface area contributed by atoms with Crippen LogP contribution in [0.2, 0.25) is 0 Å². The molecule has 0 N–H and O–H groups in total. The zero-order valence-electron chi connectivity index (χ0n) is 9.44. The van der Waals surface area contributed by atoms with E-state index in [0.29, 0.717) is 11.5 Å². The molecule has 2 heterocycles. The number of esters is 2. The first-order valence-electron chi connectivity index (χ1n) is 6.02. The minimum Gasteiger partial charge on any atom is -0.384 e. The van der Waals surface area contributed by atoms with Crippen LogP contribution in [0.15, 0.2) is 12.3 Å². The summed E-state index contributed by atoms with van der Waals surface area (Å²) >= 11 is 0. The van der Waals surface area contributed by atoms with Gasteiger partial charge in [0.05, 0.1) is 5.56 Å². The van der Waals surface area contributed by atoms with Gasteiger partial charge in [0.15, 0.2) is 5.69 Å². The molecular formula is C13H13NO3. The number of hydrogen-bond donors (Lipinski definition) is 0. The number of cyclic esters (lactones) is 2. The molecule has 0 unspecified atom stereocenters. The molecule has 17 heavy (non-hydrogen) atoms. The third kappa shape index (κ3) is 1.73. The molecule has 0 aromatic carbocycles. The van der Waals surface area contributed by atoms with Crippen molar-refractivity contribution in [3.8, 4) is 0 Å². The zero-order chi connectivity index (χ0) is 11.8. The maximum atomic E-state index is 11.4. The molecular weight excluding hydrogens is 218 g/mol. The number of hydrogen-bond acceptors (Lipinski definition) is 4. The van der Waals surface area contributed by atoms with Crippen molar-refractivity contribution in [2.75, 3.05) is 0 Å². The van der Waals surface area contributed by atoms with Crippen molar-refractivity contribution < 1.29 is 14.3 Å². The molecule has 0 atom stereocenters. The van der Waals surface area contributed by atoms with Gasteiger partial charge in [-0.2, -0.15) is 0 Å². The van der Waals surface area contributed by atoms with Crippen LogP contribution in [0.1, 0.15) is 64.4 Å². The van der Waals surface area contributed by atoms with Crippen molar-refractivity contribution in [3.63, 3.8) is 0 Å². The summed E-state index contributed by atoms with van der Waals surface area (Å²) in [6.45, 7) is 0. The Morgan fingerprint density at radius 3 is 2.65 bits per heavy atom. The molecule has 2 aliphatic rings. The Kier molecular flexibility index (Phi) is 2.42. The molecule has 1 aliphatic heterocycles. The van der Waals surface area contributed by atoms with E-state index in [1.807, 2.05) is 0 Å². The van der Waals surface area contributed by atoms with E-state index in [9.17, 15) is 9.59 Å². The molecule has 4 nitrogen and oxygen atoms in total. The molecule has 1 aromatic rings. The number of carbonyl (C=O) groups excluding carboxylic acids is 2. The van der Waals surface area contributed by atoms with E-state index in [1.165, 1.54) is 19.3 Å². The van der Waals surface area contributed by atoms with Gasteiger partial charge in [-0.1, -0.05) is 19.3 Å². The minimum absolute atomic E-state index is 0.162. The third-order valence-corrected chi connectivity index (χ3v) is 3.58. The summed E-state index contributed by atoms with van der Waals surface area (Å²) in [6, 6.07) is 1.78.